The summed E-state index contributed by atoms with van der Waals surface area (Å²) in [6, 6.07) is 1.82. The number of nitrogens with zero attached hydrogens (tertiary/aromatic N) is 2. The van der Waals surface area contributed by atoms with Crippen LogP contribution >= 0.6 is 22.7 Å². The van der Waals surface area contributed by atoms with E-state index in [0.29, 0.717) is 10.7 Å². The average Bonchev–Trinajstić information content (AvgIpc) is 3.11. The Bertz CT molecular complexity index is 559. The smallest absolute Gasteiger partial charge is 0.258 e. The van der Waals surface area contributed by atoms with Crippen LogP contribution in [0.15, 0.2) is 22.2 Å². The Morgan fingerprint density at radius 3 is 2.90 bits per heavy atom. The van der Waals surface area contributed by atoms with Crippen molar-refractivity contribution >= 4 is 33.7 Å². The molecule has 3 heterocycles. The first-order valence-electron chi connectivity index (χ1n) is 6.81. The highest BCUT2D eigenvalue weighted by molar-refractivity contribution is 7.14. The van der Waals surface area contributed by atoms with Crippen molar-refractivity contribution in [1.29, 1.82) is 0 Å². The summed E-state index contributed by atoms with van der Waals surface area (Å²) >= 11 is 3.02. The Labute approximate surface area is 126 Å². The highest BCUT2D eigenvalue weighted by atomic mass is 32.1. The van der Waals surface area contributed by atoms with E-state index in [0.717, 1.165) is 25.3 Å². The SMILES string of the molecule is O=C(Nc1nc(CN2CCCCC2)cs1)c1ccsc1. The summed E-state index contributed by atoms with van der Waals surface area (Å²) in [6.07, 6.45) is 3.91. The first-order valence-corrected chi connectivity index (χ1v) is 8.64. The largest absolute Gasteiger partial charge is 0.298 e. The summed E-state index contributed by atoms with van der Waals surface area (Å²) in [5.74, 6) is -0.0786. The van der Waals surface area contributed by atoms with Gasteiger partial charge in [0.2, 0.25) is 0 Å². The molecule has 3 rings (SSSR count). The number of thiazole rings is 1. The Morgan fingerprint density at radius 2 is 2.15 bits per heavy atom. The van der Waals surface area contributed by atoms with Crippen molar-refractivity contribution < 1.29 is 4.79 Å². The molecule has 0 bridgehead atoms. The number of carbonyl (C=O) groups excluding carboxylic acids is 1. The van der Waals surface area contributed by atoms with Gasteiger partial charge >= 0.3 is 0 Å². The Hall–Kier alpha value is -1.24. The van der Waals surface area contributed by atoms with Crippen LogP contribution < -0.4 is 5.32 Å². The predicted molar refractivity (Wildman–Crippen MR) is 83.5 cm³/mol. The topological polar surface area (TPSA) is 45.2 Å². The molecule has 1 aliphatic heterocycles. The maximum absolute atomic E-state index is 11.9. The van der Waals surface area contributed by atoms with Crippen molar-refractivity contribution in [1.82, 2.24) is 9.88 Å². The number of likely N-dealkylation sites (tertiary alicyclic amines) is 1. The van der Waals surface area contributed by atoms with E-state index in [-0.39, 0.29) is 5.91 Å². The zero-order chi connectivity index (χ0) is 13.8. The molecule has 0 aliphatic carbocycles. The van der Waals surface area contributed by atoms with Crippen LogP contribution in [0.4, 0.5) is 5.13 Å². The fraction of sp³-hybridized carbons (Fsp3) is 0.429. The molecule has 0 radical (unpaired) electrons. The molecule has 4 nitrogen and oxygen atoms in total. The summed E-state index contributed by atoms with van der Waals surface area (Å²) in [4.78, 5) is 18.9. The molecule has 0 spiro atoms. The Balaban J connectivity index is 1.57. The monoisotopic (exact) mass is 307 g/mol. The number of carbonyl (C=O) groups is 1. The Morgan fingerprint density at radius 1 is 1.30 bits per heavy atom. The number of aromatic nitrogens is 1. The van der Waals surface area contributed by atoms with Gasteiger partial charge in [-0.2, -0.15) is 11.3 Å². The third kappa shape index (κ3) is 3.45. The summed E-state index contributed by atoms with van der Waals surface area (Å²) in [7, 11) is 0. The first kappa shape index (κ1) is 13.7. The van der Waals surface area contributed by atoms with Gasteiger partial charge in [-0.1, -0.05) is 6.42 Å². The van der Waals surface area contributed by atoms with Crippen LogP contribution in [-0.4, -0.2) is 28.9 Å². The van der Waals surface area contributed by atoms with Gasteiger partial charge in [-0.15, -0.1) is 11.3 Å². The third-order valence-electron chi connectivity index (χ3n) is 3.39. The fourth-order valence-electron chi connectivity index (χ4n) is 2.35. The van der Waals surface area contributed by atoms with Gasteiger partial charge < -0.3 is 0 Å². The molecule has 1 amide bonds. The fourth-order valence-corrected chi connectivity index (χ4v) is 3.68. The lowest BCUT2D eigenvalue weighted by atomic mass is 10.1. The maximum atomic E-state index is 11.9. The summed E-state index contributed by atoms with van der Waals surface area (Å²) < 4.78 is 0. The van der Waals surface area contributed by atoms with Crippen LogP contribution in [0.5, 0.6) is 0 Å². The number of piperidine rings is 1. The van der Waals surface area contributed by atoms with Gasteiger partial charge in [0.1, 0.15) is 0 Å². The highest BCUT2D eigenvalue weighted by Crippen LogP contribution is 2.19. The van der Waals surface area contributed by atoms with Crippen LogP contribution in [-0.2, 0) is 6.54 Å². The molecule has 0 aromatic carbocycles. The molecule has 2 aromatic heterocycles. The van der Waals surface area contributed by atoms with Crippen LogP contribution in [0.25, 0.3) is 0 Å². The van der Waals surface area contributed by atoms with Gasteiger partial charge in [-0.3, -0.25) is 15.0 Å². The zero-order valence-electron chi connectivity index (χ0n) is 11.2. The molecule has 6 heteroatoms. The van der Waals surface area contributed by atoms with Crippen molar-refractivity contribution in [2.75, 3.05) is 18.4 Å². The minimum atomic E-state index is -0.0786. The van der Waals surface area contributed by atoms with E-state index >= 15 is 0 Å². The van der Waals surface area contributed by atoms with Crippen molar-refractivity contribution in [2.24, 2.45) is 0 Å². The number of hydrogen-bond acceptors (Lipinski definition) is 5. The molecule has 1 N–H and O–H groups in total. The van der Waals surface area contributed by atoms with Gasteiger partial charge in [0.05, 0.1) is 11.3 Å². The van der Waals surface area contributed by atoms with Crippen molar-refractivity contribution in [3.05, 3.63) is 33.5 Å². The number of nitrogens with one attached hydrogen (secondary N) is 1. The molecule has 0 atom stereocenters. The van der Waals surface area contributed by atoms with Crippen LogP contribution in [0.1, 0.15) is 35.3 Å². The highest BCUT2D eigenvalue weighted by Gasteiger charge is 2.13. The van der Waals surface area contributed by atoms with E-state index in [9.17, 15) is 4.79 Å². The number of anilines is 1. The first-order chi connectivity index (χ1) is 9.81. The van der Waals surface area contributed by atoms with E-state index in [2.05, 4.69) is 15.2 Å². The van der Waals surface area contributed by atoms with Gasteiger partial charge in [0.25, 0.3) is 5.91 Å². The van der Waals surface area contributed by atoms with Crippen LogP contribution in [0.2, 0.25) is 0 Å². The van der Waals surface area contributed by atoms with Crippen molar-refractivity contribution in [2.45, 2.75) is 25.8 Å². The molecule has 0 saturated carbocycles. The normalized spacial score (nSPS) is 16.2. The lowest BCUT2D eigenvalue weighted by Gasteiger charge is -2.25. The van der Waals surface area contributed by atoms with Crippen LogP contribution in [0, 0.1) is 0 Å². The molecule has 1 fully saturated rings. The molecule has 106 valence electrons. The number of rotatable bonds is 4. The minimum Gasteiger partial charge on any atom is -0.298 e. The van der Waals surface area contributed by atoms with E-state index in [1.807, 2.05) is 22.2 Å². The second-order valence-corrected chi connectivity index (χ2v) is 6.59. The molecule has 20 heavy (non-hydrogen) atoms. The van der Waals surface area contributed by atoms with Crippen LogP contribution in [0.3, 0.4) is 0 Å². The third-order valence-corrected chi connectivity index (χ3v) is 4.88. The molecule has 1 aliphatic rings. The molecule has 0 unspecified atom stereocenters. The van der Waals surface area contributed by atoms with Gasteiger partial charge in [-0.05, 0) is 37.4 Å². The van der Waals surface area contributed by atoms with E-state index in [4.69, 9.17) is 0 Å². The van der Waals surface area contributed by atoms with Gasteiger partial charge in [0, 0.05) is 17.3 Å². The number of thiophene rings is 1. The average molecular weight is 307 g/mol. The summed E-state index contributed by atoms with van der Waals surface area (Å²) in [5.41, 5.74) is 1.75. The minimum absolute atomic E-state index is 0.0786. The molecule has 2 aromatic rings. The zero-order valence-corrected chi connectivity index (χ0v) is 12.8. The van der Waals surface area contributed by atoms with E-state index in [1.54, 1.807) is 0 Å². The van der Waals surface area contributed by atoms with Gasteiger partial charge in [0.15, 0.2) is 5.13 Å². The second-order valence-electron chi connectivity index (χ2n) is 4.95. The van der Waals surface area contributed by atoms with Gasteiger partial charge in [-0.25, -0.2) is 4.98 Å². The molecular formula is C14H17N3OS2. The van der Waals surface area contributed by atoms with Crippen molar-refractivity contribution in [3.63, 3.8) is 0 Å². The van der Waals surface area contributed by atoms with Crippen molar-refractivity contribution in [3.8, 4) is 0 Å². The lowest BCUT2D eigenvalue weighted by molar-refractivity contribution is 0.102. The summed E-state index contributed by atoms with van der Waals surface area (Å²) in [6.45, 7) is 3.22. The lowest BCUT2D eigenvalue weighted by Crippen LogP contribution is -2.29. The Kier molecular flexibility index (Phi) is 4.44. The van der Waals surface area contributed by atoms with E-state index < -0.39 is 0 Å². The molecular weight excluding hydrogens is 290 g/mol. The second kappa shape index (κ2) is 6.47. The number of hydrogen-bond donors (Lipinski definition) is 1. The predicted octanol–water partition coefficient (Wildman–Crippen LogP) is 3.44. The van der Waals surface area contributed by atoms with E-state index in [1.165, 1.54) is 41.9 Å². The molecule has 1 saturated heterocycles. The maximum Gasteiger partial charge on any atom is 0.258 e. The quantitative estimate of drug-likeness (QED) is 0.941. The number of amides is 1. The summed E-state index contributed by atoms with van der Waals surface area (Å²) in [5, 5.41) is 9.33. The standard InChI is InChI=1S/C14H17N3OS2/c18-13(11-4-7-19-9-11)16-14-15-12(10-20-14)8-17-5-2-1-3-6-17/h4,7,9-10H,1-3,5-6,8H2,(H,15,16,18).